The van der Waals surface area contributed by atoms with Gasteiger partial charge in [-0.25, -0.2) is 9.97 Å². The minimum Gasteiger partial charge on any atom is -0.493 e. The molecule has 2 aromatic carbocycles. The highest BCUT2D eigenvalue weighted by molar-refractivity contribution is 5.91. The summed E-state index contributed by atoms with van der Waals surface area (Å²) in [5, 5.41) is 0.969. The number of methoxy groups -OCH3 is 3. The number of nitrogens with two attached hydrogens (primary N) is 1. The molecular weight excluding hydrogens is 396 g/mol. The lowest BCUT2D eigenvalue weighted by atomic mass is 9.96. The largest absolute Gasteiger partial charge is 0.493 e. The van der Waals surface area contributed by atoms with Gasteiger partial charge >= 0.3 is 0 Å². The lowest BCUT2D eigenvalue weighted by Crippen LogP contribution is -2.39. The first-order chi connectivity index (χ1) is 15.0. The molecule has 4 rings (SSSR count). The Kier molecular flexibility index (Phi) is 5.79. The van der Waals surface area contributed by atoms with Gasteiger partial charge in [0.25, 0.3) is 0 Å². The van der Waals surface area contributed by atoms with Crippen molar-refractivity contribution in [3.8, 4) is 28.6 Å². The summed E-state index contributed by atoms with van der Waals surface area (Å²) in [6.07, 6.45) is 1.43. The number of anilines is 1. The van der Waals surface area contributed by atoms with E-state index in [9.17, 15) is 4.79 Å². The highest BCUT2D eigenvalue weighted by atomic mass is 16.5. The van der Waals surface area contributed by atoms with Gasteiger partial charge in [-0.15, -0.1) is 0 Å². The molecule has 2 N–H and O–H groups in total. The highest BCUT2D eigenvalue weighted by Crippen LogP contribution is 2.41. The zero-order chi connectivity index (χ0) is 22.0. The topological polar surface area (TPSA) is 99.8 Å². The predicted molar refractivity (Wildman–Crippen MR) is 119 cm³/mol. The third kappa shape index (κ3) is 3.93. The van der Waals surface area contributed by atoms with Crippen LogP contribution < -0.4 is 24.8 Å². The van der Waals surface area contributed by atoms with E-state index in [1.807, 2.05) is 36.4 Å². The number of nitrogens with zero attached hydrogens (tertiary/aromatic N) is 3. The zero-order valence-corrected chi connectivity index (χ0v) is 17.9. The summed E-state index contributed by atoms with van der Waals surface area (Å²) in [4.78, 5) is 23.5. The van der Waals surface area contributed by atoms with Crippen LogP contribution >= 0.6 is 0 Å². The van der Waals surface area contributed by atoms with Crippen LogP contribution in [-0.4, -0.2) is 50.3 Å². The van der Waals surface area contributed by atoms with Crippen molar-refractivity contribution in [2.24, 2.45) is 11.7 Å². The molecule has 1 aliphatic heterocycles. The molecule has 0 bridgehead atoms. The van der Waals surface area contributed by atoms with Gasteiger partial charge < -0.3 is 24.8 Å². The van der Waals surface area contributed by atoms with Gasteiger partial charge in [0, 0.05) is 30.0 Å². The van der Waals surface area contributed by atoms with E-state index in [4.69, 9.17) is 29.9 Å². The number of carbonyl (C=O) groups excluding carboxylic acids is 1. The number of para-hydroxylation sites is 1. The van der Waals surface area contributed by atoms with Gasteiger partial charge in [0.15, 0.2) is 17.3 Å². The SMILES string of the molecule is COc1cc(-c2nc(N3CCC(C(N)=O)CC3)c3ccccc3n2)cc(OC)c1OC. The van der Waals surface area contributed by atoms with Crippen molar-refractivity contribution in [3.05, 3.63) is 36.4 Å². The van der Waals surface area contributed by atoms with Crippen LogP contribution in [0.4, 0.5) is 5.82 Å². The second-order valence-electron chi connectivity index (χ2n) is 7.47. The van der Waals surface area contributed by atoms with Crippen LogP contribution in [-0.2, 0) is 4.79 Å². The van der Waals surface area contributed by atoms with Crippen molar-refractivity contribution in [2.45, 2.75) is 12.8 Å². The first kappa shape index (κ1) is 20.7. The summed E-state index contributed by atoms with van der Waals surface area (Å²) < 4.78 is 16.4. The lowest BCUT2D eigenvalue weighted by molar-refractivity contribution is -0.122. The van der Waals surface area contributed by atoms with E-state index < -0.39 is 0 Å². The number of hydrogen-bond donors (Lipinski definition) is 1. The molecule has 1 fully saturated rings. The molecule has 1 aliphatic rings. The smallest absolute Gasteiger partial charge is 0.220 e. The normalized spacial score (nSPS) is 14.5. The number of fused-ring (bicyclic) bond motifs is 1. The summed E-state index contributed by atoms with van der Waals surface area (Å²) in [5.41, 5.74) is 7.10. The van der Waals surface area contributed by atoms with Crippen molar-refractivity contribution in [3.63, 3.8) is 0 Å². The van der Waals surface area contributed by atoms with Crippen molar-refractivity contribution in [2.75, 3.05) is 39.3 Å². The second-order valence-corrected chi connectivity index (χ2v) is 7.47. The minimum atomic E-state index is -0.231. The minimum absolute atomic E-state index is 0.0843. The average molecular weight is 422 g/mol. The molecule has 1 saturated heterocycles. The molecule has 1 amide bonds. The summed E-state index contributed by atoms with van der Waals surface area (Å²) in [6, 6.07) is 11.6. The molecule has 162 valence electrons. The number of piperidine rings is 1. The fraction of sp³-hybridized carbons (Fsp3) is 0.348. The molecule has 8 heteroatoms. The first-order valence-electron chi connectivity index (χ1n) is 10.2. The van der Waals surface area contributed by atoms with Crippen molar-refractivity contribution < 1.29 is 19.0 Å². The second kappa shape index (κ2) is 8.67. The molecule has 0 saturated carbocycles. The van der Waals surface area contributed by atoms with Crippen molar-refractivity contribution in [1.82, 2.24) is 9.97 Å². The molecule has 31 heavy (non-hydrogen) atoms. The van der Waals surface area contributed by atoms with E-state index in [-0.39, 0.29) is 11.8 Å². The molecule has 2 heterocycles. The molecular formula is C23H26N4O4. The van der Waals surface area contributed by atoms with Crippen LogP contribution in [0.25, 0.3) is 22.3 Å². The average Bonchev–Trinajstić information content (AvgIpc) is 2.82. The zero-order valence-electron chi connectivity index (χ0n) is 17.9. The Balaban J connectivity index is 1.81. The summed E-state index contributed by atoms with van der Waals surface area (Å²) in [7, 11) is 4.73. The van der Waals surface area contributed by atoms with E-state index in [2.05, 4.69) is 4.90 Å². The Morgan fingerprint density at radius 1 is 1.00 bits per heavy atom. The summed E-state index contributed by atoms with van der Waals surface area (Å²) in [6.45, 7) is 1.42. The van der Waals surface area contributed by atoms with E-state index in [1.165, 1.54) is 0 Å². The number of primary amides is 1. The maximum atomic E-state index is 11.6. The first-order valence-corrected chi connectivity index (χ1v) is 10.2. The monoisotopic (exact) mass is 422 g/mol. The number of amides is 1. The van der Waals surface area contributed by atoms with Crippen molar-refractivity contribution in [1.29, 1.82) is 0 Å². The van der Waals surface area contributed by atoms with E-state index in [1.54, 1.807) is 21.3 Å². The van der Waals surface area contributed by atoms with Crippen LogP contribution in [0.1, 0.15) is 12.8 Å². The predicted octanol–water partition coefficient (Wildman–Crippen LogP) is 3.02. The number of ether oxygens (including phenoxy) is 3. The molecule has 1 aromatic heterocycles. The summed E-state index contributed by atoms with van der Waals surface area (Å²) in [5.74, 6) is 2.68. The van der Waals surface area contributed by atoms with E-state index in [0.29, 0.717) is 49.0 Å². The van der Waals surface area contributed by atoms with Crippen LogP contribution in [0.2, 0.25) is 0 Å². The highest BCUT2D eigenvalue weighted by Gasteiger charge is 2.26. The molecule has 0 spiro atoms. The third-order valence-electron chi connectivity index (χ3n) is 5.70. The van der Waals surface area contributed by atoms with Crippen LogP contribution in [0.5, 0.6) is 17.2 Å². The molecule has 3 aromatic rings. The molecule has 0 unspecified atom stereocenters. The number of rotatable bonds is 6. The van der Waals surface area contributed by atoms with Gasteiger partial charge in [0.2, 0.25) is 11.7 Å². The van der Waals surface area contributed by atoms with Gasteiger partial charge in [-0.2, -0.15) is 0 Å². The van der Waals surface area contributed by atoms with Gasteiger partial charge in [-0.1, -0.05) is 12.1 Å². The Labute approximate surface area is 180 Å². The lowest BCUT2D eigenvalue weighted by Gasteiger charge is -2.32. The molecule has 8 nitrogen and oxygen atoms in total. The van der Waals surface area contributed by atoms with Gasteiger partial charge in [-0.3, -0.25) is 4.79 Å². The molecule has 0 aliphatic carbocycles. The number of benzene rings is 2. The van der Waals surface area contributed by atoms with E-state index in [0.717, 1.165) is 22.3 Å². The van der Waals surface area contributed by atoms with Crippen molar-refractivity contribution >= 4 is 22.6 Å². The molecule has 0 atom stereocenters. The Hall–Kier alpha value is -3.55. The Morgan fingerprint density at radius 3 is 2.23 bits per heavy atom. The Bertz CT molecular complexity index is 1080. The van der Waals surface area contributed by atoms with E-state index >= 15 is 0 Å². The quantitative estimate of drug-likeness (QED) is 0.652. The summed E-state index contributed by atoms with van der Waals surface area (Å²) >= 11 is 0. The van der Waals surface area contributed by atoms with Gasteiger partial charge in [-0.05, 0) is 37.1 Å². The van der Waals surface area contributed by atoms with Gasteiger partial charge in [0.05, 0.1) is 26.8 Å². The fourth-order valence-corrected chi connectivity index (χ4v) is 4.02. The van der Waals surface area contributed by atoms with Crippen LogP contribution in [0.15, 0.2) is 36.4 Å². The van der Waals surface area contributed by atoms with Crippen LogP contribution in [0.3, 0.4) is 0 Å². The number of hydrogen-bond acceptors (Lipinski definition) is 7. The third-order valence-corrected chi connectivity index (χ3v) is 5.70. The number of carbonyl (C=O) groups is 1. The fourth-order valence-electron chi connectivity index (χ4n) is 4.02. The maximum absolute atomic E-state index is 11.6. The van der Waals surface area contributed by atoms with Crippen LogP contribution in [0, 0.1) is 5.92 Å². The maximum Gasteiger partial charge on any atom is 0.220 e. The van der Waals surface area contributed by atoms with Gasteiger partial charge in [0.1, 0.15) is 5.82 Å². The standard InChI is InChI=1S/C23H26N4O4/c1-29-18-12-15(13-19(30-2)20(18)31-3)22-25-17-7-5-4-6-16(17)23(26-22)27-10-8-14(9-11-27)21(24)28/h4-7,12-14H,8-11H2,1-3H3,(H2,24,28). The Morgan fingerprint density at radius 2 is 1.65 bits per heavy atom. The molecule has 0 radical (unpaired) electrons. The number of aromatic nitrogens is 2.